The molecular weight excluding hydrogens is 428 g/mol. The van der Waals surface area contributed by atoms with Crippen molar-refractivity contribution in [1.82, 2.24) is 10.2 Å². The molecule has 1 atom stereocenters. The van der Waals surface area contributed by atoms with E-state index in [4.69, 9.17) is 11.6 Å². The van der Waals surface area contributed by atoms with E-state index in [1.54, 1.807) is 11.8 Å². The molecule has 0 saturated carbocycles. The van der Waals surface area contributed by atoms with Gasteiger partial charge in [-0.15, -0.1) is 11.8 Å². The summed E-state index contributed by atoms with van der Waals surface area (Å²) in [5.74, 6) is 0.524. The molecule has 1 N–H and O–H groups in total. The fraction of sp³-hybridized carbons (Fsp3) is 0.200. The highest BCUT2D eigenvalue weighted by Gasteiger charge is 2.32. The maximum Gasteiger partial charge on any atom is 0.251 e. The van der Waals surface area contributed by atoms with Crippen molar-refractivity contribution in [2.75, 3.05) is 12.3 Å². The first-order valence-electron chi connectivity index (χ1n) is 10.2. The van der Waals surface area contributed by atoms with Crippen LogP contribution in [-0.2, 0) is 17.8 Å². The largest absolute Gasteiger partial charge is 0.348 e. The Bertz CT molecular complexity index is 1040. The highest BCUT2D eigenvalue weighted by molar-refractivity contribution is 8.00. The van der Waals surface area contributed by atoms with E-state index in [1.807, 2.05) is 71.6 Å². The van der Waals surface area contributed by atoms with Gasteiger partial charge in [-0.3, -0.25) is 9.59 Å². The van der Waals surface area contributed by atoms with Crippen molar-refractivity contribution >= 4 is 35.2 Å². The second kappa shape index (κ2) is 10.0. The zero-order valence-electron chi connectivity index (χ0n) is 17.0. The molecule has 4 nitrogen and oxygen atoms in total. The van der Waals surface area contributed by atoms with Crippen molar-refractivity contribution in [2.45, 2.75) is 18.3 Å². The maximum atomic E-state index is 12.5. The molecule has 0 bridgehead atoms. The van der Waals surface area contributed by atoms with Gasteiger partial charge in [0.2, 0.25) is 5.91 Å². The van der Waals surface area contributed by atoms with Gasteiger partial charge in [0.15, 0.2) is 0 Å². The third kappa shape index (κ3) is 5.49. The highest BCUT2D eigenvalue weighted by atomic mass is 35.5. The van der Waals surface area contributed by atoms with Gasteiger partial charge in [0.25, 0.3) is 5.91 Å². The molecule has 1 saturated heterocycles. The lowest BCUT2D eigenvalue weighted by Crippen LogP contribution is -2.30. The van der Waals surface area contributed by atoms with Gasteiger partial charge in [-0.2, -0.15) is 0 Å². The molecule has 0 radical (unpaired) electrons. The first kappa shape index (κ1) is 21.5. The molecule has 0 spiro atoms. The van der Waals surface area contributed by atoms with Crippen molar-refractivity contribution in [3.63, 3.8) is 0 Å². The Morgan fingerprint density at radius 3 is 2.39 bits per heavy atom. The standard InChI is InChI=1S/C25H23ClN2O2S/c26-22-12-6-19(7-13-22)16-27-24(30)20-8-10-21(11-9-20)25-28(23(29)17-31-25)15-14-18-4-2-1-3-5-18/h1-13,25H,14-17H2,(H,27,30)/t25-/m0/s1. The summed E-state index contributed by atoms with van der Waals surface area (Å²) in [4.78, 5) is 26.9. The molecule has 4 rings (SSSR count). The Kier molecular flexibility index (Phi) is 6.95. The minimum Gasteiger partial charge on any atom is -0.348 e. The molecule has 3 aromatic rings. The number of halogens is 1. The minimum absolute atomic E-state index is 0.0117. The van der Waals surface area contributed by atoms with Gasteiger partial charge < -0.3 is 10.2 Å². The number of benzene rings is 3. The quantitative estimate of drug-likeness (QED) is 0.545. The number of nitrogens with zero attached hydrogens (tertiary/aromatic N) is 1. The Balaban J connectivity index is 1.37. The number of amides is 2. The van der Waals surface area contributed by atoms with E-state index in [0.717, 1.165) is 17.5 Å². The lowest BCUT2D eigenvalue weighted by molar-refractivity contribution is -0.128. The smallest absolute Gasteiger partial charge is 0.251 e. The van der Waals surface area contributed by atoms with Crippen LogP contribution in [0.2, 0.25) is 5.02 Å². The van der Waals surface area contributed by atoms with Gasteiger partial charge in [-0.25, -0.2) is 0 Å². The summed E-state index contributed by atoms with van der Waals surface area (Å²) in [5.41, 5.74) is 3.85. The van der Waals surface area contributed by atoms with E-state index in [-0.39, 0.29) is 17.2 Å². The topological polar surface area (TPSA) is 49.4 Å². The fourth-order valence-electron chi connectivity index (χ4n) is 3.55. The van der Waals surface area contributed by atoms with E-state index in [1.165, 1.54) is 5.56 Å². The third-order valence-electron chi connectivity index (χ3n) is 5.28. The number of rotatable bonds is 7. The minimum atomic E-state index is -0.127. The van der Waals surface area contributed by atoms with Gasteiger partial charge in [0.1, 0.15) is 5.37 Å². The molecule has 1 aliphatic heterocycles. The van der Waals surface area contributed by atoms with Gasteiger partial charge in [0.05, 0.1) is 5.75 Å². The molecular formula is C25H23ClN2O2S. The SMILES string of the molecule is O=C(NCc1ccc(Cl)cc1)c1ccc([C@@H]2SCC(=O)N2CCc2ccccc2)cc1. The summed E-state index contributed by atoms with van der Waals surface area (Å²) < 4.78 is 0. The molecule has 2 amide bonds. The summed E-state index contributed by atoms with van der Waals surface area (Å²) in [6, 6.07) is 25.1. The van der Waals surface area contributed by atoms with E-state index < -0.39 is 0 Å². The maximum absolute atomic E-state index is 12.5. The summed E-state index contributed by atoms with van der Waals surface area (Å²) in [6.07, 6.45) is 0.828. The highest BCUT2D eigenvalue weighted by Crippen LogP contribution is 2.38. The molecule has 3 aromatic carbocycles. The van der Waals surface area contributed by atoms with Crippen molar-refractivity contribution in [2.24, 2.45) is 0 Å². The first-order chi connectivity index (χ1) is 15.1. The van der Waals surface area contributed by atoms with Gasteiger partial charge in [0, 0.05) is 23.7 Å². The first-order valence-corrected chi connectivity index (χ1v) is 11.6. The molecule has 158 valence electrons. The molecule has 0 unspecified atom stereocenters. The van der Waals surface area contributed by atoms with E-state index >= 15 is 0 Å². The van der Waals surface area contributed by atoms with Gasteiger partial charge >= 0.3 is 0 Å². The lowest BCUT2D eigenvalue weighted by atomic mass is 10.1. The summed E-state index contributed by atoms with van der Waals surface area (Å²) in [5, 5.41) is 3.59. The predicted molar refractivity (Wildman–Crippen MR) is 126 cm³/mol. The second-order valence-electron chi connectivity index (χ2n) is 7.42. The van der Waals surface area contributed by atoms with E-state index in [0.29, 0.717) is 29.4 Å². The third-order valence-corrected chi connectivity index (χ3v) is 6.78. The number of thioether (sulfide) groups is 1. The molecule has 1 heterocycles. The molecule has 6 heteroatoms. The zero-order valence-corrected chi connectivity index (χ0v) is 18.5. The molecule has 1 fully saturated rings. The second-order valence-corrected chi connectivity index (χ2v) is 8.92. The normalized spacial score (nSPS) is 15.8. The van der Waals surface area contributed by atoms with Crippen LogP contribution >= 0.6 is 23.4 Å². The Labute approximate surface area is 191 Å². The average molecular weight is 451 g/mol. The van der Waals surface area contributed by atoms with Crippen LogP contribution in [0.4, 0.5) is 0 Å². The van der Waals surface area contributed by atoms with Crippen molar-refractivity contribution in [1.29, 1.82) is 0 Å². The van der Waals surface area contributed by atoms with Crippen molar-refractivity contribution < 1.29 is 9.59 Å². The number of carbonyl (C=O) groups excluding carboxylic acids is 2. The van der Waals surface area contributed by atoms with Crippen LogP contribution in [-0.4, -0.2) is 29.0 Å². The van der Waals surface area contributed by atoms with E-state index in [2.05, 4.69) is 17.4 Å². The van der Waals surface area contributed by atoms with Gasteiger partial charge in [-0.1, -0.05) is 66.2 Å². The van der Waals surface area contributed by atoms with Crippen LogP contribution in [0.3, 0.4) is 0 Å². The molecule has 0 aliphatic carbocycles. The van der Waals surface area contributed by atoms with Crippen LogP contribution in [0.1, 0.15) is 32.4 Å². The number of nitrogens with one attached hydrogen (secondary N) is 1. The summed E-state index contributed by atoms with van der Waals surface area (Å²) in [6.45, 7) is 1.13. The molecule has 31 heavy (non-hydrogen) atoms. The van der Waals surface area contributed by atoms with Crippen LogP contribution in [0, 0.1) is 0 Å². The van der Waals surface area contributed by atoms with Crippen molar-refractivity contribution in [3.8, 4) is 0 Å². The fourth-order valence-corrected chi connectivity index (χ4v) is 4.90. The predicted octanol–water partition coefficient (Wildman–Crippen LogP) is 5.09. The Morgan fingerprint density at radius 1 is 0.968 bits per heavy atom. The van der Waals surface area contributed by atoms with Crippen LogP contribution in [0.15, 0.2) is 78.9 Å². The molecule has 1 aliphatic rings. The zero-order chi connectivity index (χ0) is 21.6. The Morgan fingerprint density at radius 2 is 1.68 bits per heavy atom. The van der Waals surface area contributed by atoms with E-state index in [9.17, 15) is 9.59 Å². The van der Waals surface area contributed by atoms with Crippen LogP contribution in [0.25, 0.3) is 0 Å². The van der Waals surface area contributed by atoms with Crippen LogP contribution < -0.4 is 5.32 Å². The number of hydrogen-bond acceptors (Lipinski definition) is 3. The number of hydrogen-bond donors (Lipinski definition) is 1. The van der Waals surface area contributed by atoms with Crippen molar-refractivity contribution in [3.05, 3.63) is 106 Å². The average Bonchev–Trinajstić information content (AvgIpc) is 3.18. The summed E-state index contributed by atoms with van der Waals surface area (Å²) in [7, 11) is 0. The Hall–Kier alpha value is -2.76. The monoisotopic (exact) mass is 450 g/mol. The van der Waals surface area contributed by atoms with Crippen LogP contribution in [0.5, 0.6) is 0 Å². The summed E-state index contributed by atoms with van der Waals surface area (Å²) >= 11 is 7.53. The molecule has 0 aromatic heterocycles. The number of carbonyl (C=O) groups is 2. The lowest BCUT2D eigenvalue weighted by Gasteiger charge is -2.24. The van der Waals surface area contributed by atoms with Gasteiger partial charge in [-0.05, 0) is 47.4 Å².